The van der Waals surface area contributed by atoms with Crippen molar-refractivity contribution < 1.29 is 14.3 Å². The number of ether oxygens (including phenoxy) is 1. The van der Waals surface area contributed by atoms with Gasteiger partial charge in [-0.15, -0.1) is 0 Å². The summed E-state index contributed by atoms with van der Waals surface area (Å²) in [6.07, 6.45) is 0. The van der Waals surface area contributed by atoms with E-state index in [9.17, 15) is 9.59 Å². The van der Waals surface area contributed by atoms with E-state index in [0.29, 0.717) is 23.5 Å². The molecule has 3 aromatic carbocycles. The number of aryl methyl sites for hydroxylation is 1. The maximum atomic E-state index is 12.6. The third-order valence-corrected chi connectivity index (χ3v) is 5.33. The van der Waals surface area contributed by atoms with Crippen molar-refractivity contribution >= 4 is 49.4 Å². The van der Waals surface area contributed by atoms with Gasteiger partial charge in [-0.25, -0.2) is 0 Å². The van der Waals surface area contributed by atoms with Gasteiger partial charge in [0.25, 0.3) is 11.8 Å². The Labute approximate surface area is 192 Å². The van der Waals surface area contributed by atoms with E-state index in [-0.39, 0.29) is 18.4 Å². The normalized spacial score (nSPS) is 10.4. The minimum absolute atomic E-state index is 0.180. The van der Waals surface area contributed by atoms with Crippen LogP contribution in [0.2, 0.25) is 0 Å². The third-order valence-electron chi connectivity index (χ3n) is 4.28. The maximum Gasteiger partial charge on any atom is 0.262 e. The zero-order valence-electron chi connectivity index (χ0n) is 16.2. The number of halogens is 2. The first-order valence-electron chi connectivity index (χ1n) is 9.23. The monoisotopic (exact) mass is 530 g/mol. The van der Waals surface area contributed by atoms with Crippen molar-refractivity contribution in [2.24, 2.45) is 0 Å². The van der Waals surface area contributed by atoms with Crippen LogP contribution < -0.4 is 15.4 Å². The van der Waals surface area contributed by atoms with Gasteiger partial charge in [0.15, 0.2) is 6.61 Å². The molecule has 0 saturated carbocycles. The first kappa shape index (κ1) is 22.1. The lowest BCUT2D eigenvalue weighted by Gasteiger charge is -2.14. The smallest absolute Gasteiger partial charge is 0.262 e. The second-order valence-corrected chi connectivity index (χ2v) is 8.35. The number of hydrogen-bond acceptors (Lipinski definition) is 3. The predicted molar refractivity (Wildman–Crippen MR) is 125 cm³/mol. The molecule has 3 rings (SSSR count). The first-order valence-corrected chi connectivity index (χ1v) is 10.8. The number of rotatable bonds is 7. The number of para-hydroxylation sites is 1. The Bertz CT molecular complexity index is 1030. The maximum absolute atomic E-state index is 12.6. The van der Waals surface area contributed by atoms with Crippen LogP contribution in [0, 0.1) is 6.92 Å². The fraction of sp³-hybridized carbons (Fsp3) is 0.130. The quantitative estimate of drug-likeness (QED) is 0.425. The molecule has 0 heterocycles. The molecule has 0 fully saturated rings. The molecule has 0 atom stereocenters. The molecule has 0 aliphatic rings. The number of benzene rings is 3. The lowest BCUT2D eigenvalue weighted by atomic mass is 10.1. The molecule has 0 unspecified atom stereocenters. The average molecular weight is 532 g/mol. The van der Waals surface area contributed by atoms with Gasteiger partial charge >= 0.3 is 0 Å². The molecule has 2 amide bonds. The molecule has 0 aliphatic carbocycles. The molecule has 0 aromatic heterocycles. The second-order valence-electron chi connectivity index (χ2n) is 6.58. The number of anilines is 1. The van der Waals surface area contributed by atoms with Crippen LogP contribution in [-0.2, 0) is 11.3 Å². The molecule has 5 nitrogen and oxygen atoms in total. The van der Waals surface area contributed by atoms with Crippen molar-refractivity contribution in [3.05, 3.63) is 92.4 Å². The van der Waals surface area contributed by atoms with Gasteiger partial charge < -0.3 is 15.4 Å². The Morgan fingerprint density at radius 2 is 1.67 bits per heavy atom. The lowest BCUT2D eigenvalue weighted by Crippen LogP contribution is -2.26. The fourth-order valence-corrected chi connectivity index (χ4v) is 4.41. The van der Waals surface area contributed by atoms with Gasteiger partial charge in [-0.05, 0) is 58.2 Å². The fourth-order valence-electron chi connectivity index (χ4n) is 2.86. The van der Waals surface area contributed by atoms with E-state index in [0.717, 1.165) is 20.1 Å². The molecule has 7 heteroatoms. The Hall–Kier alpha value is -2.64. The van der Waals surface area contributed by atoms with Gasteiger partial charge in [-0.3, -0.25) is 9.59 Å². The molecular weight excluding hydrogens is 512 g/mol. The largest absolute Gasteiger partial charge is 0.482 e. The molecule has 0 saturated heterocycles. The summed E-state index contributed by atoms with van der Waals surface area (Å²) in [5, 5.41) is 5.64. The van der Waals surface area contributed by atoms with E-state index < -0.39 is 0 Å². The molecule has 0 spiro atoms. The van der Waals surface area contributed by atoms with Crippen LogP contribution in [0.4, 0.5) is 5.69 Å². The Morgan fingerprint density at radius 1 is 0.967 bits per heavy atom. The minimum Gasteiger partial charge on any atom is -0.482 e. The third kappa shape index (κ3) is 5.93. The number of carbonyl (C=O) groups is 2. The van der Waals surface area contributed by atoms with Crippen LogP contribution in [0.15, 0.2) is 75.7 Å². The van der Waals surface area contributed by atoms with Crippen LogP contribution in [0.25, 0.3) is 0 Å². The molecule has 30 heavy (non-hydrogen) atoms. The summed E-state index contributed by atoms with van der Waals surface area (Å²) < 4.78 is 7.35. The van der Waals surface area contributed by atoms with Crippen molar-refractivity contribution in [2.45, 2.75) is 13.5 Å². The number of nitrogens with one attached hydrogen (secondary N) is 2. The molecule has 0 aliphatic heterocycles. The number of hydrogen-bond donors (Lipinski definition) is 2. The Balaban J connectivity index is 1.63. The SMILES string of the molecule is Cc1cc(Br)cc(Br)c1OCC(=O)Nc1ccccc1C(=O)NCc1ccccc1. The van der Waals surface area contributed by atoms with Crippen molar-refractivity contribution in [1.82, 2.24) is 5.32 Å². The van der Waals surface area contributed by atoms with Crippen LogP contribution in [0.5, 0.6) is 5.75 Å². The van der Waals surface area contributed by atoms with Crippen LogP contribution in [-0.4, -0.2) is 18.4 Å². The summed E-state index contributed by atoms with van der Waals surface area (Å²) in [7, 11) is 0. The van der Waals surface area contributed by atoms with Crippen molar-refractivity contribution in [1.29, 1.82) is 0 Å². The van der Waals surface area contributed by atoms with Gasteiger partial charge in [0.1, 0.15) is 5.75 Å². The highest BCUT2D eigenvalue weighted by molar-refractivity contribution is 9.11. The van der Waals surface area contributed by atoms with E-state index >= 15 is 0 Å². The predicted octanol–water partition coefficient (Wildman–Crippen LogP) is 5.47. The van der Waals surface area contributed by atoms with Crippen LogP contribution in [0.3, 0.4) is 0 Å². The van der Waals surface area contributed by atoms with Crippen molar-refractivity contribution in [3.8, 4) is 5.75 Å². The Morgan fingerprint density at radius 3 is 2.40 bits per heavy atom. The first-order chi connectivity index (χ1) is 14.4. The molecule has 0 bridgehead atoms. The standard InChI is InChI=1S/C23H20Br2N2O3/c1-15-11-17(24)12-19(25)22(15)30-14-21(28)27-20-10-6-5-9-18(20)23(29)26-13-16-7-3-2-4-8-16/h2-12H,13-14H2,1H3,(H,26,29)(H,27,28). The van der Waals surface area contributed by atoms with E-state index in [2.05, 4.69) is 42.5 Å². The molecule has 2 N–H and O–H groups in total. The molecular formula is C23H20Br2N2O3. The van der Waals surface area contributed by atoms with Crippen molar-refractivity contribution in [2.75, 3.05) is 11.9 Å². The second kappa shape index (κ2) is 10.4. The molecule has 3 aromatic rings. The highest BCUT2D eigenvalue weighted by Crippen LogP contribution is 2.32. The number of carbonyl (C=O) groups excluding carboxylic acids is 2. The summed E-state index contributed by atoms with van der Waals surface area (Å²) in [4.78, 5) is 25.1. The summed E-state index contributed by atoms with van der Waals surface area (Å²) in [5.74, 6) is -0.0167. The lowest BCUT2D eigenvalue weighted by molar-refractivity contribution is -0.118. The zero-order valence-corrected chi connectivity index (χ0v) is 19.4. The van der Waals surface area contributed by atoms with Gasteiger partial charge in [0.2, 0.25) is 0 Å². The van der Waals surface area contributed by atoms with E-state index in [1.807, 2.05) is 49.4 Å². The summed E-state index contributed by atoms with van der Waals surface area (Å²) in [5.41, 5.74) is 2.71. The number of amides is 2. The zero-order chi connectivity index (χ0) is 21.5. The minimum atomic E-state index is -0.354. The summed E-state index contributed by atoms with van der Waals surface area (Å²) in [6, 6.07) is 20.3. The van der Waals surface area contributed by atoms with Crippen molar-refractivity contribution in [3.63, 3.8) is 0 Å². The van der Waals surface area contributed by atoms with Gasteiger partial charge in [0, 0.05) is 11.0 Å². The van der Waals surface area contributed by atoms with Gasteiger partial charge in [0.05, 0.1) is 15.7 Å². The van der Waals surface area contributed by atoms with E-state index in [4.69, 9.17) is 4.74 Å². The van der Waals surface area contributed by atoms with Gasteiger partial charge in [-0.1, -0.05) is 58.4 Å². The average Bonchev–Trinajstić information content (AvgIpc) is 2.72. The van der Waals surface area contributed by atoms with E-state index in [1.54, 1.807) is 24.3 Å². The topological polar surface area (TPSA) is 67.4 Å². The van der Waals surface area contributed by atoms with Crippen LogP contribution in [0.1, 0.15) is 21.5 Å². The van der Waals surface area contributed by atoms with Gasteiger partial charge in [-0.2, -0.15) is 0 Å². The Kier molecular flexibility index (Phi) is 7.65. The summed E-state index contributed by atoms with van der Waals surface area (Å²) in [6.45, 7) is 2.12. The van der Waals surface area contributed by atoms with Crippen LogP contribution >= 0.6 is 31.9 Å². The molecule has 154 valence electrons. The molecule has 0 radical (unpaired) electrons. The highest BCUT2D eigenvalue weighted by Gasteiger charge is 2.14. The van der Waals surface area contributed by atoms with E-state index in [1.165, 1.54) is 0 Å². The highest BCUT2D eigenvalue weighted by atomic mass is 79.9. The summed E-state index contributed by atoms with van der Waals surface area (Å²) >= 11 is 6.86.